The number of ether oxygens (including phenoxy) is 2. The molecular formula is C16H14FNO2. The van der Waals surface area contributed by atoms with Crippen molar-refractivity contribution in [3.05, 3.63) is 58.9 Å². The summed E-state index contributed by atoms with van der Waals surface area (Å²) in [5.41, 5.74) is 1.81. The monoisotopic (exact) mass is 271 g/mol. The van der Waals surface area contributed by atoms with Gasteiger partial charge in [-0.15, -0.1) is 0 Å². The van der Waals surface area contributed by atoms with Crippen LogP contribution in [-0.4, -0.2) is 7.11 Å². The molecule has 0 atom stereocenters. The van der Waals surface area contributed by atoms with Gasteiger partial charge in [-0.2, -0.15) is 5.26 Å². The first-order chi connectivity index (χ1) is 9.65. The first kappa shape index (κ1) is 13.9. The number of halogens is 1. The molecule has 0 aromatic heterocycles. The van der Waals surface area contributed by atoms with Crippen LogP contribution in [0.25, 0.3) is 0 Å². The van der Waals surface area contributed by atoms with E-state index in [2.05, 4.69) is 0 Å². The van der Waals surface area contributed by atoms with Crippen molar-refractivity contribution in [3.63, 3.8) is 0 Å². The van der Waals surface area contributed by atoms with E-state index in [1.165, 1.54) is 7.11 Å². The molecule has 0 saturated heterocycles. The van der Waals surface area contributed by atoms with E-state index in [9.17, 15) is 4.39 Å². The molecular weight excluding hydrogens is 257 g/mol. The zero-order valence-electron chi connectivity index (χ0n) is 11.3. The molecule has 0 amide bonds. The normalized spacial score (nSPS) is 9.90. The summed E-state index contributed by atoms with van der Waals surface area (Å²) in [6.45, 7) is 1.96. The number of hydrogen-bond donors (Lipinski definition) is 0. The van der Waals surface area contributed by atoms with Gasteiger partial charge in [0.25, 0.3) is 0 Å². The number of nitrogens with zero attached hydrogens (tertiary/aromatic N) is 1. The van der Waals surface area contributed by atoms with Crippen LogP contribution in [-0.2, 0) is 6.61 Å². The summed E-state index contributed by atoms with van der Waals surface area (Å²) in [6, 6.07) is 12.1. The van der Waals surface area contributed by atoms with Crippen LogP contribution in [0, 0.1) is 24.1 Å². The molecule has 0 N–H and O–H groups in total. The summed E-state index contributed by atoms with van der Waals surface area (Å²) >= 11 is 0. The number of hydrogen-bond acceptors (Lipinski definition) is 3. The van der Waals surface area contributed by atoms with E-state index < -0.39 is 5.82 Å². The van der Waals surface area contributed by atoms with Gasteiger partial charge in [-0.05, 0) is 30.7 Å². The number of benzene rings is 2. The molecule has 4 heteroatoms. The van der Waals surface area contributed by atoms with E-state index in [0.717, 1.165) is 5.56 Å². The number of methoxy groups -OCH3 is 1. The van der Waals surface area contributed by atoms with Crippen molar-refractivity contribution in [3.8, 4) is 17.6 Å². The second kappa shape index (κ2) is 6.07. The molecule has 0 aliphatic heterocycles. The SMILES string of the molecule is COc1cccc(COc2cc(C#N)ccc2C)c1F. The average molecular weight is 271 g/mol. The molecule has 0 radical (unpaired) electrons. The van der Waals surface area contributed by atoms with E-state index in [0.29, 0.717) is 16.9 Å². The van der Waals surface area contributed by atoms with E-state index in [1.807, 2.05) is 13.0 Å². The maximum Gasteiger partial charge on any atom is 0.171 e. The maximum atomic E-state index is 14.0. The van der Waals surface area contributed by atoms with Gasteiger partial charge >= 0.3 is 0 Å². The van der Waals surface area contributed by atoms with E-state index >= 15 is 0 Å². The van der Waals surface area contributed by atoms with Crippen LogP contribution in [0.3, 0.4) is 0 Å². The van der Waals surface area contributed by atoms with Gasteiger partial charge in [-0.1, -0.05) is 18.2 Å². The Morgan fingerprint density at radius 1 is 1.20 bits per heavy atom. The van der Waals surface area contributed by atoms with Gasteiger partial charge in [0.15, 0.2) is 11.6 Å². The predicted octanol–water partition coefficient (Wildman–Crippen LogP) is 3.59. The first-order valence-corrected chi connectivity index (χ1v) is 6.10. The van der Waals surface area contributed by atoms with Gasteiger partial charge in [-0.3, -0.25) is 0 Å². The highest BCUT2D eigenvalue weighted by molar-refractivity contribution is 5.42. The molecule has 102 valence electrons. The van der Waals surface area contributed by atoms with Gasteiger partial charge in [0.2, 0.25) is 0 Å². The van der Waals surface area contributed by atoms with E-state index in [4.69, 9.17) is 14.7 Å². The maximum absolute atomic E-state index is 14.0. The summed E-state index contributed by atoms with van der Waals surface area (Å²) in [6.07, 6.45) is 0. The fraction of sp³-hybridized carbons (Fsp3) is 0.188. The van der Waals surface area contributed by atoms with Gasteiger partial charge in [0.05, 0.1) is 18.7 Å². The van der Waals surface area contributed by atoms with Crippen LogP contribution in [0.1, 0.15) is 16.7 Å². The van der Waals surface area contributed by atoms with Gasteiger partial charge < -0.3 is 9.47 Å². The Kier molecular flexibility index (Phi) is 4.21. The molecule has 3 nitrogen and oxygen atoms in total. The Balaban J connectivity index is 2.19. The number of aryl methyl sites for hydroxylation is 1. The van der Waals surface area contributed by atoms with Crippen molar-refractivity contribution in [2.24, 2.45) is 0 Å². The predicted molar refractivity (Wildman–Crippen MR) is 73.2 cm³/mol. The quantitative estimate of drug-likeness (QED) is 0.853. The second-order valence-corrected chi connectivity index (χ2v) is 4.31. The van der Waals surface area contributed by atoms with Crippen LogP contribution >= 0.6 is 0 Å². The van der Waals surface area contributed by atoms with E-state index in [1.54, 1.807) is 36.4 Å². The fourth-order valence-electron chi connectivity index (χ4n) is 1.81. The Morgan fingerprint density at radius 2 is 2.00 bits per heavy atom. The summed E-state index contributed by atoms with van der Waals surface area (Å²) in [5.74, 6) is 0.337. The lowest BCUT2D eigenvalue weighted by atomic mass is 10.1. The number of rotatable bonds is 4. The van der Waals surface area contributed by atoms with Crippen molar-refractivity contribution < 1.29 is 13.9 Å². The third-order valence-corrected chi connectivity index (χ3v) is 2.96. The van der Waals surface area contributed by atoms with Crippen LogP contribution in [0.15, 0.2) is 36.4 Å². The molecule has 2 rings (SSSR count). The highest BCUT2D eigenvalue weighted by Gasteiger charge is 2.09. The molecule has 20 heavy (non-hydrogen) atoms. The molecule has 0 saturated carbocycles. The third kappa shape index (κ3) is 2.89. The zero-order chi connectivity index (χ0) is 14.5. The van der Waals surface area contributed by atoms with Crippen molar-refractivity contribution in [1.82, 2.24) is 0 Å². The molecule has 0 unspecified atom stereocenters. The minimum atomic E-state index is -0.427. The lowest BCUT2D eigenvalue weighted by Crippen LogP contribution is -2.01. The lowest BCUT2D eigenvalue weighted by molar-refractivity contribution is 0.293. The van der Waals surface area contributed by atoms with Gasteiger partial charge in [0, 0.05) is 5.56 Å². The molecule has 2 aromatic rings. The van der Waals surface area contributed by atoms with Crippen molar-refractivity contribution in [2.45, 2.75) is 13.5 Å². The minimum absolute atomic E-state index is 0.0821. The topological polar surface area (TPSA) is 42.2 Å². The molecule has 0 aliphatic rings. The Hall–Kier alpha value is -2.54. The Morgan fingerprint density at radius 3 is 2.70 bits per heavy atom. The highest BCUT2D eigenvalue weighted by Crippen LogP contribution is 2.24. The molecule has 0 bridgehead atoms. The van der Waals surface area contributed by atoms with Gasteiger partial charge in [-0.25, -0.2) is 4.39 Å². The summed E-state index contributed by atoms with van der Waals surface area (Å²) in [7, 11) is 1.42. The van der Waals surface area contributed by atoms with Crippen molar-refractivity contribution in [1.29, 1.82) is 5.26 Å². The zero-order valence-corrected chi connectivity index (χ0v) is 11.3. The molecule has 0 fully saturated rings. The van der Waals surface area contributed by atoms with Crippen molar-refractivity contribution >= 4 is 0 Å². The van der Waals surface area contributed by atoms with Crippen LogP contribution in [0.4, 0.5) is 4.39 Å². The van der Waals surface area contributed by atoms with Crippen LogP contribution in [0.2, 0.25) is 0 Å². The minimum Gasteiger partial charge on any atom is -0.494 e. The molecule has 0 aliphatic carbocycles. The number of nitriles is 1. The largest absolute Gasteiger partial charge is 0.494 e. The van der Waals surface area contributed by atoms with Crippen LogP contribution < -0.4 is 9.47 Å². The van der Waals surface area contributed by atoms with Crippen LogP contribution in [0.5, 0.6) is 11.5 Å². The molecule has 2 aromatic carbocycles. The Bertz CT molecular complexity index is 662. The highest BCUT2D eigenvalue weighted by atomic mass is 19.1. The van der Waals surface area contributed by atoms with Gasteiger partial charge in [0.1, 0.15) is 12.4 Å². The van der Waals surface area contributed by atoms with Crippen molar-refractivity contribution in [2.75, 3.05) is 7.11 Å². The fourth-order valence-corrected chi connectivity index (χ4v) is 1.81. The molecule has 0 spiro atoms. The first-order valence-electron chi connectivity index (χ1n) is 6.10. The summed E-state index contributed by atoms with van der Waals surface area (Å²) in [5, 5.41) is 8.87. The van der Waals surface area contributed by atoms with E-state index in [-0.39, 0.29) is 12.4 Å². The standard InChI is InChI=1S/C16H14FNO2/c1-11-6-7-12(9-18)8-15(11)20-10-13-4-3-5-14(19-2)16(13)17/h3-8H,10H2,1-2H3. The molecule has 0 heterocycles. The lowest BCUT2D eigenvalue weighted by Gasteiger charge is -2.11. The second-order valence-electron chi connectivity index (χ2n) is 4.31. The third-order valence-electron chi connectivity index (χ3n) is 2.96. The summed E-state index contributed by atoms with van der Waals surface area (Å²) < 4.78 is 24.5. The Labute approximate surface area is 117 Å². The smallest absolute Gasteiger partial charge is 0.171 e. The average Bonchev–Trinajstić information content (AvgIpc) is 2.47. The summed E-state index contributed by atoms with van der Waals surface area (Å²) in [4.78, 5) is 0.